The quantitative estimate of drug-likeness (QED) is 0.482. The molecule has 2 heterocycles. The number of hydrogen-bond acceptors (Lipinski definition) is 6. The molecule has 26 heavy (non-hydrogen) atoms. The van der Waals surface area contributed by atoms with Gasteiger partial charge in [0, 0.05) is 12.0 Å². The Morgan fingerprint density at radius 1 is 1.23 bits per heavy atom. The average molecular weight is 386 g/mol. The first kappa shape index (κ1) is 17.1. The molecular weight excluding hydrogens is 366 g/mol. The van der Waals surface area contributed by atoms with Gasteiger partial charge in [-0.2, -0.15) is 0 Å². The number of benzene rings is 1. The van der Waals surface area contributed by atoms with Gasteiger partial charge in [-0.15, -0.1) is 21.5 Å². The SMILES string of the molecule is Nn1c(SCC(=O)NCC2(c3ccccc3)CC2)nnc1-c1cccs1. The zero-order valence-electron chi connectivity index (χ0n) is 14.1. The van der Waals surface area contributed by atoms with E-state index in [2.05, 4.69) is 27.6 Å². The molecule has 1 amide bonds. The Morgan fingerprint density at radius 2 is 2.04 bits per heavy atom. The lowest BCUT2D eigenvalue weighted by atomic mass is 9.96. The van der Waals surface area contributed by atoms with Crippen molar-refractivity contribution in [1.29, 1.82) is 0 Å². The third-order valence-electron chi connectivity index (χ3n) is 4.60. The van der Waals surface area contributed by atoms with Crippen LogP contribution in [0.4, 0.5) is 0 Å². The third-order valence-corrected chi connectivity index (χ3v) is 6.41. The summed E-state index contributed by atoms with van der Waals surface area (Å²) in [6.07, 6.45) is 2.23. The number of hydrogen-bond donors (Lipinski definition) is 2. The van der Waals surface area contributed by atoms with Gasteiger partial charge in [-0.1, -0.05) is 48.2 Å². The van der Waals surface area contributed by atoms with Crippen LogP contribution in [-0.4, -0.2) is 33.1 Å². The zero-order chi connectivity index (χ0) is 18.0. The van der Waals surface area contributed by atoms with E-state index in [0.717, 1.165) is 17.7 Å². The molecule has 1 aliphatic rings. The highest BCUT2D eigenvalue weighted by Gasteiger charge is 2.44. The molecule has 6 nitrogen and oxygen atoms in total. The fraction of sp³-hybridized carbons (Fsp3) is 0.278. The number of nitrogens with two attached hydrogens (primary N) is 1. The Bertz CT molecular complexity index is 888. The minimum absolute atomic E-state index is 0.0159. The summed E-state index contributed by atoms with van der Waals surface area (Å²) in [5.74, 6) is 6.92. The van der Waals surface area contributed by atoms with Gasteiger partial charge in [-0.3, -0.25) is 4.79 Å². The van der Waals surface area contributed by atoms with Crippen LogP contribution in [0.5, 0.6) is 0 Å². The van der Waals surface area contributed by atoms with E-state index in [1.807, 2.05) is 35.7 Å². The number of thiophene rings is 1. The van der Waals surface area contributed by atoms with E-state index in [9.17, 15) is 4.79 Å². The predicted octanol–water partition coefficient (Wildman–Crippen LogP) is 2.66. The molecule has 1 aliphatic carbocycles. The molecular formula is C18H19N5OS2. The number of carbonyl (C=O) groups excluding carboxylic acids is 1. The minimum Gasteiger partial charge on any atom is -0.354 e. The molecule has 8 heteroatoms. The number of amides is 1. The lowest BCUT2D eigenvalue weighted by Gasteiger charge is -2.16. The Kier molecular flexibility index (Phi) is 4.69. The minimum atomic E-state index is -0.0159. The van der Waals surface area contributed by atoms with E-state index in [1.54, 1.807) is 11.3 Å². The highest BCUT2D eigenvalue weighted by molar-refractivity contribution is 7.99. The second-order valence-corrected chi connectivity index (χ2v) is 8.26. The summed E-state index contributed by atoms with van der Waals surface area (Å²) in [6, 6.07) is 14.3. The van der Waals surface area contributed by atoms with Crippen LogP contribution >= 0.6 is 23.1 Å². The Balaban J connectivity index is 1.31. The van der Waals surface area contributed by atoms with Gasteiger partial charge in [0.25, 0.3) is 0 Å². The van der Waals surface area contributed by atoms with Gasteiger partial charge < -0.3 is 11.2 Å². The second-order valence-electron chi connectivity index (χ2n) is 6.37. The highest BCUT2D eigenvalue weighted by atomic mass is 32.2. The molecule has 3 N–H and O–H groups in total. The molecule has 3 aromatic rings. The van der Waals surface area contributed by atoms with Crippen molar-refractivity contribution in [3.63, 3.8) is 0 Å². The van der Waals surface area contributed by atoms with Crippen LogP contribution < -0.4 is 11.2 Å². The van der Waals surface area contributed by atoms with Crippen molar-refractivity contribution < 1.29 is 4.79 Å². The molecule has 0 spiro atoms. The summed E-state index contributed by atoms with van der Waals surface area (Å²) in [5.41, 5.74) is 1.41. The molecule has 4 rings (SSSR count). The molecule has 0 atom stereocenters. The maximum atomic E-state index is 12.2. The van der Waals surface area contributed by atoms with Crippen LogP contribution in [0.2, 0.25) is 0 Å². The van der Waals surface area contributed by atoms with Crippen molar-refractivity contribution in [3.05, 3.63) is 53.4 Å². The fourth-order valence-corrected chi connectivity index (χ4v) is 4.30. The van der Waals surface area contributed by atoms with Gasteiger partial charge in [0.1, 0.15) is 0 Å². The fourth-order valence-electron chi connectivity index (χ4n) is 2.91. The molecule has 0 bridgehead atoms. The molecule has 0 saturated heterocycles. The van der Waals surface area contributed by atoms with Crippen LogP contribution in [0.3, 0.4) is 0 Å². The first-order valence-electron chi connectivity index (χ1n) is 8.37. The lowest BCUT2D eigenvalue weighted by molar-refractivity contribution is -0.118. The summed E-state index contributed by atoms with van der Waals surface area (Å²) in [4.78, 5) is 13.2. The number of carbonyl (C=O) groups is 1. The van der Waals surface area contributed by atoms with Crippen molar-refractivity contribution in [1.82, 2.24) is 20.2 Å². The molecule has 0 aliphatic heterocycles. The van der Waals surface area contributed by atoms with Gasteiger partial charge in [-0.25, -0.2) is 4.68 Å². The second kappa shape index (κ2) is 7.13. The predicted molar refractivity (Wildman–Crippen MR) is 105 cm³/mol. The molecule has 0 unspecified atom stereocenters. The Morgan fingerprint density at radius 3 is 2.73 bits per heavy atom. The summed E-state index contributed by atoms with van der Waals surface area (Å²) >= 11 is 2.85. The third kappa shape index (κ3) is 3.47. The van der Waals surface area contributed by atoms with Crippen molar-refractivity contribution in [2.24, 2.45) is 0 Å². The van der Waals surface area contributed by atoms with Crippen molar-refractivity contribution >= 4 is 29.0 Å². The smallest absolute Gasteiger partial charge is 0.230 e. The molecule has 2 aromatic heterocycles. The van der Waals surface area contributed by atoms with Crippen LogP contribution in [-0.2, 0) is 10.2 Å². The molecule has 1 saturated carbocycles. The summed E-state index contributed by atoms with van der Waals surface area (Å²) in [5, 5.41) is 13.8. The van der Waals surface area contributed by atoms with Crippen molar-refractivity contribution in [2.75, 3.05) is 18.1 Å². The Labute approximate surface area is 159 Å². The van der Waals surface area contributed by atoms with Gasteiger partial charge in [0.15, 0.2) is 5.82 Å². The summed E-state index contributed by atoms with van der Waals surface area (Å²) in [6.45, 7) is 0.673. The van der Waals surface area contributed by atoms with Crippen LogP contribution in [0.15, 0.2) is 53.0 Å². The van der Waals surface area contributed by atoms with Crippen LogP contribution in [0.1, 0.15) is 18.4 Å². The summed E-state index contributed by atoms with van der Waals surface area (Å²) in [7, 11) is 0. The Hall–Kier alpha value is -2.32. The number of thioether (sulfide) groups is 1. The maximum absolute atomic E-state index is 12.2. The van der Waals surface area contributed by atoms with E-state index in [0.29, 0.717) is 17.5 Å². The number of aromatic nitrogens is 3. The van der Waals surface area contributed by atoms with E-state index >= 15 is 0 Å². The maximum Gasteiger partial charge on any atom is 0.230 e. The van der Waals surface area contributed by atoms with Crippen molar-refractivity contribution in [3.8, 4) is 10.7 Å². The van der Waals surface area contributed by atoms with Gasteiger partial charge in [0.05, 0.1) is 10.6 Å². The molecule has 1 fully saturated rings. The average Bonchev–Trinajstić information content (AvgIpc) is 3.09. The molecule has 134 valence electrons. The molecule has 0 radical (unpaired) electrons. The summed E-state index contributed by atoms with van der Waals surface area (Å²) < 4.78 is 1.44. The normalized spacial score (nSPS) is 14.9. The van der Waals surface area contributed by atoms with Crippen LogP contribution in [0, 0.1) is 0 Å². The van der Waals surface area contributed by atoms with Crippen LogP contribution in [0.25, 0.3) is 10.7 Å². The zero-order valence-corrected chi connectivity index (χ0v) is 15.7. The van der Waals surface area contributed by atoms with E-state index in [-0.39, 0.29) is 17.1 Å². The van der Waals surface area contributed by atoms with E-state index in [1.165, 1.54) is 22.0 Å². The largest absolute Gasteiger partial charge is 0.354 e. The number of nitrogens with one attached hydrogen (secondary N) is 1. The number of nitrogens with zero attached hydrogens (tertiary/aromatic N) is 3. The van der Waals surface area contributed by atoms with Gasteiger partial charge in [-0.05, 0) is 29.9 Å². The van der Waals surface area contributed by atoms with Gasteiger partial charge >= 0.3 is 0 Å². The van der Waals surface area contributed by atoms with E-state index < -0.39 is 0 Å². The molecule has 1 aromatic carbocycles. The monoisotopic (exact) mass is 385 g/mol. The number of rotatable bonds is 7. The standard InChI is InChI=1S/C18H19N5OS2/c19-23-16(14-7-4-10-25-14)21-22-17(23)26-11-15(24)20-12-18(8-9-18)13-5-2-1-3-6-13/h1-7,10H,8-9,11-12,19H2,(H,20,24). The lowest BCUT2D eigenvalue weighted by Crippen LogP contribution is -2.33. The van der Waals surface area contributed by atoms with Crippen molar-refractivity contribution in [2.45, 2.75) is 23.4 Å². The highest BCUT2D eigenvalue weighted by Crippen LogP contribution is 2.47. The first-order chi connectivity index (χ1) is 12.7. The topological polar surface area (TPSA) is 85.8 Å². The van der Waals surface area contributed by atoms with Gasteiger partial charge in [0.2, 0.25) is 11.1 Å². The van der Waals surface area contributed by atoms with E-state index in [4.69, 9.17) is 5.84 Å². The number of nitrogen functional groups attached to an aromatic ring is 1. The first-order valence-corrected chi connectivity index (χ1v) is 10.2.